The number of alkyl carbamates (subject to hydrolysis) is 1. The molecule has 0 aliphatic carbocycles. The van der Waals surface area contributed by atoms with E-state index in [0.717, 1.165) is 11.1 Å². The SMILES string of the molecule is CC(=O)[C@H](NC(=O)OCc1ccccc1)c1ccccc1. The lowest BCUT2D eigenvalue weighted by atomic mass is 10.0. The second-order valence-electron chi connectivity index (χ2n) is 4.66. The van der Waals surface area contributed by atoms with Crippen molar-refractivity contribution >= 4 is 11.9 Å². The number of rotatable bonds is 5. The largest absolute Gasteiger partial charge is 0.445 e. The van der Waals surface area contributed by atoms with E-state index < -0.39 is 12.1 Å². The zero-order valence-corrected chi connectivity index (χ0v) is 11.8. The second-order valence-corrected chi connectivity index (χ2v) is 4.66. The van der Waals surface area contributed by atoms with Crippen LogP contribution < -0.4 is 5.32 Å². The topological polar surface area (TPSA) is 55.4 Å². The maximum absolute atomic E-state index is 11.8. The summed E-state index contributed by atoms with van der Waals surface area (Å²) in [6.45, 7) is 1.61. The van der Waals surface area contributed by atoms with Crippen molar-refractivity contribution in [1.82, 2.24) is 5.32 Å². The van der Waals surface area contributed by atoms with Gasteiger partial charge in [0.05, 0.1) is 0 Å². The third kappa shape index (κ3) is 4.45. The van der Waals surface area contributed by atoms with Crippen molar-refractivity contribution in [3.05, 3.63) is 71.8 Å². The minimum atomic E-state index is -0.686. The summed E-state index contributed by atoms with van der Waals surface area (Å²) in [4.78, 5) is 23.5. The molecule has 1 N–H and O–H groups in total. The molecule has 1 amide bonds. The minimum absolute atomic E-state index is 0.141. The molecule has 0 saturated heterocycles. The molecule has 1 atom stereocenters. The van der Waals surface area contributed by atoms with Gasteiger partial charge in [0.2, 0.25) is 0 Å². The van der Waals surface area contributed by atoms with E-state index in [1.165, 1.54) is 6.92 Å². The maximum atomic E-state index is 11.8. The predicted octanol–water partition coefficient (Wildman–Crippen LogP) is 3.24. The van der Waals surface area contributed by atoms with Crippen molar-refractivity contribution < 1.29 is 14.3 Å². The Morgan fingerprint density at radius 2 is 1.57 bits per heavy atom. The summed E-state index contributed by atoms with van der Waals surface area (Å²) in [6.07, 6.45) is -0.608. The molecule has 4 heteroatoms. The highest BCUT2D eigenvalue weighted by atomic mass is 16.5. The predicted molar refractivity (Wildman–Crippen MR) is 79.6 cm³/mol. The smallest absolute Gasteiger partial charge is 0.408 e. The molecule has 0 spiro atoms. The van der Waals surface area contributed by atoms with E-state index in [-0.39, 0.29) is 12.4 Å². The highest BCUT2D eigenvalue weighted by Gasteiger charge is 2.19. The zero-order chi connectivity index (χ0) is 15.1. The van der Waals surface area contributed by atoms with Crippen molar-refractivity contribution in [2.45, 2.75) is 19.6 Å². The first kappa shape index (κ1) is 14.8. The van der Waals surface area contributed by atoms with Crippen LogP contribution in [0.4, 0.5) is 4.79 Å². The summed E-state index contributed by atoms with van der Waals surface area (Å²) in [5.74, 6) is -0.141. The van der Waals surface area contributed by atoms with Gasteiger partial charge in [-0.3, -0.25) is 4.79 Å². The van der Waals surface area contributed by atoms with Crippen LogP contribution in [0.25, 0.3) is 0 Å². The molecule has 0 heterocycles. The molecule has 2 rings (SSSR count). The first-order valence-corrected chi connectivity index (χ1v) is 6.69. The first-order valence-electron chi connectivity index (χ1n) is 6.69. The molecular formula is C17H17NO3. The normalized spacial score (nSPS) is 11.5. The van der Waals surface area contributed by atoms with Gasteiger partial charge in [0.25, 0.3) is 0 Å². The average molecular weight is 283 g/mol. The van der Waals surface area contributed by atoms with Gasteiger partial charge < -0.3 is 10.1 Å². The molecule has 0 saturated carbocycles. The molecule has 0 aliphatic heterocycles. The molecule has 0 aliphatic rings. The molecule has 0 unspecified atom stereocenters. The van der Waals surface area contributed by atoms with Crippen molar-refractivity contribution in [3.63, 3.8) is 0 Å². The summed E-state index contributed by atoms with van der Waals surface area (Å²) in [7, 11) is 0. The van der Waals surface area contributed by atoms with Crippen LogP contribution in [0.5, 0.6) is 0 Å². The van der Waals surface area contributed by atoms with Gasteiger partial charge in [-0.05, 0) is 18.1 Å². The molecule has 0 fully saturated rings. The zero-order valence-electron chi connectivity index (χ0n) is 11.8. The molecule has 0 bridgehead atoms. The standard InChI is InChI=1S/C17H17NO3/c1-13(19)16(15-10-6-3-7-11-15)18-17(20)21-12-14-8-4-2-5-9-14/h2-11,16H,12H2,1H3,(H,18,20)/t16-/m0/s1. The Balaban J connectivity index is 1.95. The molecular weight excluding hydrogens is 266 g/mol. The van der Waals surface area contributed by atoms with Crippen LogP contribution in [0.2, 0.25) is 0 Å². The second kappa shape index (κ2) is 7.24. The van der Waals surface area contributed by atoms with E-state index in [0.29, 0.717) is 0 Å². The molecule has 4 nitrogen and oxygen atoms in total. The maximum Gasteiger partial charge on any atom is 0.408 e. The Hall–Kier alpha value is -2.62. The Kier molecular flexibility index (Phi) is 5.10. The number of nitrogens with one attached hydrogen (secondary N) is 1. The van der Waals surface area contributed by atoms with Crippen LogP contribution in [-0.2, 0) is 16.1 Å². The molecule has 0 aromatic heterocycles. The van der Waals surface area contributed by atoms with Gasteiger partial charge in [-0.15, -0.1) is 0 Å². The first-order chi connectivity index (χ1) is 10.2. The van der Waals surface area contributed by atoms with Crippen LogP contribution in [-0.4, -0.2) is 11.9 Å². The third-order valence-corrected chi connectivity index (χ3v) is 3.01. The number of ketones is 1. The van der Waals surface area contributed by atoms with Crippen molar-refractivity contribution in [1.29, 1.82) is 0 Å². The fourth-order valence-corrected chi connectivity index (χ4v) is 1.95. The van der Waals surface area contributed by atoms with E-state index in [1.807, 2.05) is 48.5 Å². The number of ether oxygens (including phenoxy) is 1. The van der Waals surface area contributed by atoms with E-state index in [2.05, 4.69) is 5.32 Å². The van der Waals surface area contributed by atoms with Crippen LogP contribution in [0.15, 0.2) is 60.7 Å². The van der Waals surface area contributed by atoms with Gasteiger partial charge >= 0.3 is 6.09 Å². The van der Waals surface area contributed by atoms with Crippen molar-refractivity contribution in [2.75, 3.05) is 0 Å². The minimum Gasteiger partial charge on any atom is -0.445 e. The van der Waals surface area contributed by atoms with Crippen molar-refractivity contribution in [3.8, 4) is 0 Å². The number of carbonyl (C=O) groups excluding carboxylic acids is 2. The number of hydrogen-bond acceptors (Lipinski definition) is 3. The lowest BCUT2D eigenvalue weighted by molar-refractivity contribution is -0.119. The molecule has 108 valence electrons. The summed E-state index contributed by atoms with van der Waals surface area (Å²) in [6, 6.07) is 17.8. The van der Waals surface area contributed by atoms with Crippen molar-refractivity contribution in [2.24, 2.45) is 0 Å². The van der Waals surface area contributed by atoms with E-state index >= 15 is 0 Å². The summed E-state index contributed by atoms with van der Waals surface area (Å²) in [5, 5.41) is 2.59. The van der Waals surface area contributed by atoms with Crippen LogP contribution in [0.1, 0.15) is 24.1 Å². The Morgan fingerprint density at radius 3 is 2.14 bits per heavy atom. The lowest BCUT2D eigenvalue weighted by Gasteiger charge is -2.16. The van der Waals surface area contributed by atoms with Gasteiger partial charge in [0.15, 0.2) is 5.78 Å². The van der Waals surface area contributed by atoms with Gasteiger partial charge in [-0.2, -0.15) is 0 Å². The molecule has 0 radical (unpaired) electrons. The third-order valence-electron chi connectivity index (χ3n) is 3.01. The number of amides is 1. The number of carbonyl (C=O) groups is 2. The van der Waals surface area contributed by atoms with E-state index in [1.54, 1.807) is 12.1 Å². The van der Waals surface area contributed by atoms with Crippen LogP contribution >= 0.6 is 0 Å². The van der Waals surface area contributed by atoms with Gasteiger partial charge in [0.1, 0.15) is 12.6 Å². The number of hydrogen-bond donors (Lipinski definition) is 1. The highest BCUT2D eigenvalue weighted by Crippen LogP contribution is 2.14. The quantitative estimate of drug-likeness (QED) is 0.916. The fraction of sp³-hybridized carbons (Fsp3) is 0.176. The monoisotopic (exact) mass is 283 g/mol. The van der Waals surface area contributed by atoms with Gasteiger partial charge in [-0.25, -0.2) is 4.79 Å². The van der Waals surface area contributed by atoms with Gasteiger partial charge in [-0.1, -0.05) is 60.7 Å². The number of benzene rings is 2. The Morgan fingerprint density at radius 1 is 1.00 bits per heavy atom. The van der Waals surface area contributed by atoms with E-state index in [9.17, 15) is 9.59 Å². The lowest BCUT2D eigenvalue weighted by Crippen LogP contribution is -2.33. The van der Waals surface area contributed by atoms with Gasteiger partial charge in [0, 0.05) is 0 Å². The molecule has 2 aromatic carbocycles. The Labute approximate surface area is 123 Å². The molecule has 2 aromatic rings. The fourth-order valence-electron chi connectivity index (χ4n) is 1.95. The van der Waals surface area contributed by atoms with Crippen LogP contribution in [0, 0.1) is 0 Å². The highest BCUT2D eigenvalue weighted by molar-refractivity contribution is 5.86. The number of Topliss-reactive ketones (excluding diaryl/α,β-unsaturated/α-hetero) is 1. The molecule has 21 heavy (non-hydrogen) atoms. The Bertz CT molecular complexity index is 596. The van der Waals surface area contributed by atoms with Crippen LogP contribution in [0.3, 0.4) is 0 Å². The summed E-state index contributed by atoms with van der Waals surface area (Å²) < 4.78 is 5.13. The van der Waals surface area contributed by atoms with E-state index in [4.69, 9.17) is 4.74 Å². The summed E-state index contributed by atoms with van der Waals surface area (Å²) in [5.41, 5.74) is 1.63. The average Bonchev–Trinajstić information content (AvgIpc) is 2.52. The summed E-state index contributed by atoms with van der Waals surface area (Å²) >= 11 is 0.